The molecule has 0 aromatic rings. The molecule has 0 aliphatic carbocycles. The second kappa shape index (κ2) is 6.93. The maximum absolute atomic E-state index is 11.8. The van der Waals surface area contributed by atoms with Gasteiger partial charge in [-0.1, -0.05) is 13.8 Å². The predicted molar refractivity (Wildman–Crippen MR) is 65.4 cm³/mol. The molecule has 1 heterocycles. The Balaban J connectivity index is 2.42. The Bertz CT molecular complexity index is 246. The molecule has 3 atom stereocenters. The van der Waals surface area contributed by atoms with E-state index in [1.165, 1.54) is 0 Å². The van der Waals surface area contributed by atoms with Crippen LogP contribution in [0.1, 0.15) is 33.1 Å². The van der Waals surface area contributed by atoms with Crippen LogP contribution in [0.15, 0.2) is 0 Å². The molecule has 0 unspecified atom stereocenters. The quantitative estimate of drug-likeness (QED) is 0.650. The first-order valence-corrected chi connectivity index (χ1v) is 6.32. The molecule has 0 aromatic carbocycles. The van der Waals surface area contributed by atoms with Crippen LogP contribution >= 0.6 is 0 Å². The van der Waals surface area contributed by atoms with Gasteiger partial charge in [-0.2, -0.15) is 0 Å². The number of amides is 1. The van der Waals surface area contributed by atoms with Crippen molar-refractivity contribution in [3.63, 3.8) is 0 Å². The highest BCUT2D eigenvalue weighted by Gasteiger charge is 2.25. The summed E-state index contributed by atoms with van der Waals surface area (Å²) in [5.74, 6) is 0.211. The van der Waals surface area contributed by atoms with Crippen molar-refractivity contribution in [3.8, 4) is 0 Å². The van der Waals surface area contributed by atoms with Crippen molar-refractivity contribution >= 4 is 5.91 Å². The highest BCUT2D eigenvalue weighted by molar-refractivity contribution is 5.81. The Labute approximate surface area is 103 Å². The van der Waals surface area contributed by atoms with E-state index in [1.54, 1.807) is 0 Å². The summed E-state index contributed by atoms with van der Waals surface area (Å²) in [5, 5.41) is 12.6. The Hall–Kier alpha value is -0.650. The average molecular weight is 244 g/mol. The van der Waals surface area contributed by atoms with E-state index in [1.807, 2.05) is 13.8 Å². The lowest BCUT2D eigenvalue weighted by molar-refractivity contribution is -0.124. The van der Waals surface area contributed by atoms with Gasteiger partial charge in [0.15, 0.2) is 0 Å². The van der Waals surface area contributed by atoms with Crippen molar-refractivity contribution in [2.24, 2.45) is 11.7 Å². The molecule has 5 heteroatoms. The van der Waals surface area contributed by atoms with Crippen LogP contribution in [0.3, 0.4) is 0 Å². The molecule has 0 saturated carbocycles. The number of aliphatic hydroxyl groups is 1. The van der Waals surface area contributed by atoms with Crippen LogP contribution in [-0.4, -0.2) is 42.4 Å². The number of nitrogens with one attached hydrogen (secondary N) is 1. The second-order valence-corrected chi connectivity index (χ2v) is 5.14. The fourth-order valence-electron chi connectivity index (χ4n) is 1.99. The monoisotopic (exact) mass is 244 g/mol. The second-order valence-electron chi connectivity index (χ2n) is 5.14. The van der Waals surface area contributed by atoms with Crippen molar-refractivity contribution in [3.05, 3.63) is 0 Å². The fourth-order valence-corrected chi connectivity index (χ4v) is 1.99. The normalized spacial score (nSPS) is 27.6. The molecule has 1 aliphatic heterocycles. The Morgan fingerprint density at radius 1 is 1.59 bits per heavy atom. The molecule has 0 spiro atoms. The minimum absolute atomic E-state index is 0.176. The van der Waals surface area contributed by atoms with E-state index >= 15 is 0 Å². The SMILES string of the molecule is CC(C)C[C@@H](N)C(=O)N[C@@H]1CCCOC[C@H]1O. The zero-order valence-corrected chi connectivity index (χ0v) is 10.7. The zero-order chi connectivity index (χ0) is 12.8. The average Bonchev–Trinajstić information content (AvgIpc) is 2.43. The molecule has 0 radical (unpaired) electrons. The zero-order valence-electron chi connectivity index (χ0n) is 10.7. The molecule has 1 saturated heterocycles. The van der Waals surface area contributed by atoms with Gasteiger partial charge in [0.05, 0.1) is 24.8 Å². The Kier molecular flexibility index (Phi) is 5.88. The van der Waals surface area contributed by atoms with E-state index in [9.17, 15) is 9.90 Å². The molecule has 1 fully saturated rings. The number of ether oxygens (including phenoxy) is 1. The van der Waals surface area contributed by atoms with Crippen LogP contribution in [0.5, 0.6) is 0 Å². The van der Waals surface area contributed by atoms with Gasteiger partial charge in [-0.05, 0) is 25.2 Å². The van der Waals surface area contributed by atoms with Gasteiger partial charge in [0.1, 0.15) is 0 Å². The Morgan fingerprint density at radius 3 is 2.94 bits per heavy atom. The molecule has 4 N–H and O–H groups in total. The van der Waals surface area contributed by atoms with Crippen LogP contribution in [0, 0.1) is 5.92 Å². The van der Waals surface area contributed by atoms with E-state index in [-0.39, 0.29) is 18.6 Å². The van der Waals surface area contributed by atoms with Crippen LogP contribution in [0.4, 0.5) is 0 Å². The Morgan fingerprint density at radius 2 is 2.29 bits per heavy atom. The van der Waals surface area contributed by atoms with Crippen LogP contribution in [0.25, 0.3) is 0 Å². The molecule has 1 amide bonds. The lowest BCUT2D eigenvalue weighted by Gasteiger charge is -2.23. The fraction of sp³-hybridized carbons (Fsp3) is 0.917. The number of aliphatic hydroxyl groups excluding tert-OH is 1. The number of carbonyl (C=O) groups excluding carboxylic acids is 1. The van der Waals surface area contributed by atoms with Gasteiger partial charge in [-0.15, -0.1) is 0 Å². The summed E-state index contributed by atoms with van der Waals surface area (Å²) in [4.78, 5) is 11.8. The summed E-state index contributed by atoms with van der Waals surface area (Å²) in [6.45, 7) is 4.98. The van der Waals surface area contributed by atoms with E-state index in [4.69, 9.17) is 10.5 Å². The first kappa shape index (κ1) is 14.4. The number of nitrogens with two attached hydrogens (primary N) is 1. The molecule has 1 rings (SSSR count). The molecule has 0 bridgehead atoms. The molecule has 0 aromatic heterocycles. The summed E-state index contributed by atoms with van der Waals surface area (Å²) in [5.41, 5.74) is 5.79. The lowest BCUT2D eigenvalue weighted by Crippen LogP contribution is -2.50. The lowest BCUT2D eigenvalue weighted by atomic mass is 10.0. The van der Waals surface area contributed by atoms with Gasteiger partial charge in [-0.25, -0.2) is 0 Å². The molecule has 100 valence electrons. The maximum Gasteiger partial charge on any atom is 0.237 e. The van der Waals surface area contributed by atoms with Crippen molar-refractivity contribution in [1.29, 1.82) is 0 Å². The summed E-state index contributed by atoms with van der Waals surface area (Å²) in [6.07, 6.45) is 1.61. The van der Waals surface area contributed by atoms with Crippen LogP contribution < -0.4 is 11.1 Å². The molecule has 17 heavy (non-hydrogen) atoms. The summed E-state index contributed by atoms with van der Waals surface area (Å²) in [7, 11) is 0. The highest BCUT2D eigenvalue weighted by Crippen LogP contribution is 2.10. The van der Waals surface area contributed by atoms with Gasteiger partial charge < -0.3 is 20.9 Å². The van der Waals surface area contributed by atoms with Crippen LogP contribution in [0.2, 0.25) is 0 Å². The standard InChI is InChI=1S/C12H24N2O3/c1-8(2)6-9(13)12(16)14-10-4-3-5-17-7-11(10)15/h8-11,15H,3-7,13H2,1-2H3,(H,14,16)/t9-,10-,11-/m1/s1. The van der Waals surface area contributed by atoms with Crippen LogP contribution in [-0.2, 0) is 9.53 Å². The summed E-state index contributed by atoms with van der Waals surface area (Å²) < 4.78 is 5.21. The third-order valence-electron chi connectivity index (χ3n) is 2.95. The van der Waals surface area contributed by atoms with E-state index < -0.39 is 12.1 Å². The highest BCUT2D eigenvalue weighted by atomic mass is 16.5. The van der Waals surface area contributed by atoms with E-state index in [0.29, 0.717) is 18.9 Å². The third kappa shape index (κ3) is 5.02. The van der Waals surface area contributed by atoms with Crippen molar-refractivity contribution in [2.75, 3.05) is 13.2 Å². The third-order valence-corrected chi connectivity index (χ3v) is 2.95. The minimum atomic E-state index is -0.632. The van der Waals surface area contributed by atoms with Crippen molar-refractivity contribution < 1.29 is 14.6 Å². The van der Waals surface area contributed by atoms with E-state index in [0.717, 1.165) is 12.8 Å². The topological polar surface area (TPSA) is 84.6 Å². The van der Waals surface area contributed by atoms with Gasteiger partial charge >= 0.3 is 0 Å². The number of carbonyl (C=O) groups is 1. The summed E-state index contributed by atoms with van der Waals surface area (Å²) in [6, 6.07) is -0.727. The smallest absolute Gasteiger partial charge is 0.237 e. The first-order valence-electron chi connectivity index (χ1n) is 6.32. The van der Waals surface area contributed by atoms with E-state index in [2.05, 4.69) is 5.32 Å². The number of rotatable bonds is 4. The number of hydrogen-bond acceptors (Lipinski definition) is 4. The van der Waals surface area contributed by atoms with Gasteiger partial charge in [0, 0.05) is 6.61 Å². The molecule has 5 nitrogen and oxygen atoms in total. The van der Waals surface area contributed by atoms with Crippen molar-refractivity contribution in [2.45, 2.75) is 51.3 Å². The maximum atomic E-state index is 11.8. The summed E-state index contributed by atoms with van der Waals surface area (Å²) >= 11 is 0. The molecular formula is C12H24N2O3. The van der Waals surface area contributed by atoms with Gasteiger partial charge in [-0.3, -0.25) is 4.79 Å². The minimum Gasteiger partial charge on any atom is -0.389 e. The predicted octanol–water partition coefficient (Wildman–Crippen LogP) is 0.0159. The number of hydrogen-bond donors (Lipinski definition) is 3. The van der Waals surface area contributed by atoms with Gasteiger partial charge in [0.2, 0.25) is 5.91 Å². The largest absolute Gasteiger partial charge is 0.389 e. The van der Waals surface area contributed by atoms with Crippen molar-refractivity contribution in [1.82, 2.24) is 5.32 Å². The van der Waals surface area contributed by atoms with Gasteiger partial charge in [0.25, 0.3) is 0 Å². The molecule has 1 aliphatic rings. The first-order chi connectivity index (χ1) is 8.00. The molecular weight excluding hydrogens is 220 g/mol.